The number of nitrogens with zero attached hydrogens (tertiary/aromatic N) is 1. The number of aromatic amines is 1. The number of fused-ring (bicyclic) bond motifs is 3. The van der Waals surface area contributed by atoms with Crippen molar-refractivity contribution < 1.29 is 4.74 Å². The lowest BCUT2D eigenvalue weighted by atomic mass is 9.92. The zero-order valence-corrected chi connectivity index (χ0v) is 15.1. The highest BCUT2D eigenvalue weighted by Crippen LogP contribution is 2.40. The van der Waals surface area contributed by atoms with Crippen molar-refractivity contribution in [3.8, 4) is 0 Å². The second kappa shape index (κ2) is 6.02. The van der Waals surface area contributed by atoms with E-state index in [2.05, 4.69) is 74.9 Å². The van der Waals surface area contributed by atoms with Crippen LogP contribution in [0.5, 0.6) is 0 Å². The van der Waals surface area contributed by atoms with Gasteiger partial charge in [-0.25, -0.2) is 0 Å². The fourth-order valence-electron chi connectivity index (χ4n) is 3.63. The standard InChI is InChI=1S/C20H19BrN2O/c1-13(24-2)23-11-10-16-17-12-15(21)8-9-18(17)22-19(16)20(23)14-6-4-3-5-7-14/h3-9,12,20,22H,1,10-11H2,2H3. The zero-order chi connectivity index (χ0) is 16.7. The molecule has 0 bridgehead atoms. The molecular formula is C20H19BrN2O. The van der Waals surface area contributed by atoms with Gasteiger partial charge in [-0.05, 0) is 42.3 Å². The number of nitrogens with one attached hydrogen (secondary N) is 1. The summed E-state index contributed by atoms with van der Waals surface area (Å²) in [5.41, 5.74) is 5.04. The topological polar surface area (TPSA) is 28.3 Å². The van der Waals surface area contributed by atoms with Crippen LogP contribution in [0.1, 0.15) is 22.9 Å². The minimum atomic E-state index is 0.0913. The highest BCUT2D eigenvalue weighted by Gasteiger charge is 2.32. The Balaban J connectivity index is 1.92. The molecule has 1 aliphatic heterocycles. The van der Waals surface area contributed by atoms with E-state index in [1.54, 1.807) is 7.11 Å². The molecule has 1 aromatic heterocycles. The fraction of sp³-hybridized carbons (Fsp3) is 0.200. The summed E-state index contributed by atoms with van der Waals surface area (Å²) in [6.07, 6.45) is 0.970. The van der Waals surface area contributed by atoms with Gasteiger partial charge in [0.1, 0.15) is 0 Å². The van der Waals surface area contributed by atoms with E-state index in [0.29, 0.717) is 5.88 Å². The van der Waals surface area contributed by atoms with E-state index in [0.717, 1.165) is 17.4 Å². The molecular weight excluding hydrogens is 364 g/mol. The van der Waals surface area contributed by atoms with Gasteiger partial charge in [-0.15, -0.1) is 0 Å². The number of aromatic nitrogens is 1. The first-order valence-electron chi connectivity index (χ1n) is 8.03. The van der Waals surface area contributed by atoms with Gasteiger partial charge in [0.05, 0.1) is 13.2 Å². The molecule has 0 amide bonds. The number of rotatable bonds is 3. The maximum atomic E-state index is 5.46. The van der Waals surface area contributed by atoms with Crippen LogP contribution in [-0.4, -0.2) is 23.5 Å². The van der Waals surface area contributed by atoms with Crippen molar-refractivity contribution in [3.05, 3.63) is 82.3 Å². The molecule has 0 fully saturated rings. The van der Waals surface area contributed by atoms with Crippen LogP contribution in [0.2, 0.25) is 0 Å². The molecule has 0 saturated heterocycles. The summed E-state index contributed by atoms with van der Waals surface area (Å²) < 4.78 is 6.57. The SMILES string of the molecule is C=C(OC)N1CCc2c([nH]c3ccc(Br)cc23)C1c1ccccc1. The minimum absolute atomic E-state index is 0.0913. The molecule has 3 aromatic rings. The first kappa shape index (κ1) is 15.3. The van der Waals surface area contributed by atoms with E-state index in [9.17, 15) is 0 Å². The van der Waals surface area contributed by atoms with Gasteiger partial charge in [0.15, 0.2) is 5.88 Å². The van der Waals surface area contributed by atoms with Crippen LogP contribution in [0, 0.1) is 0 Å². The summed E-state index contributed by atoms with van der Waals surface area (Å²) in [6, 6.07) is 17.0. The van der Waals surface area contributed by atoms with Crippen molar-refractivity contribution in [2.45, 2.75) is 12.5 Å². The van der Waals surface area contributed by atoms with Gasteiger partial charge in [0, 0.05) is 27.6 Å². The smallest absolute Gasteiger partial charge is 0.182 e. The van der Waals surface area contributed by atoms with Gasteiger partial charge >= 0.3 is 0 Å². The van der Waals surface area contributed by atoms with Gasteiger partial charge in [-0.1, -0.05) is 46.3 Å². The Morgan fingerprint density at radius 2 is 2.04 bits per heavy atom. The van der Waals surface area contributed by atoms with Crippen molar-refractivity contribution in [1.29, 1.82) is 0 Å². The lowest BCUT2D eigenvalue weighted by Gasteiger charge is -2.37. The zero-order valence-electron chi connectivity index (χ0n) is 13.6. The minimum Gasteiger partial charge on any atom is -0.483 e. The summed E-state index contributed by atoms with van der Waals surface area (Å²) >= 11 is 3.59. The van der Waals surface area contributed by atoms with E-state index >= 15 is 0 Å². The summed E-state index contributed by atoms with van der Waals surface area (Å²) in [5.74, 6) is 0.703. The van der Waals surface area contributed by atoms with Crippen LogP contribution in [0.25, 0.3) is 10.9 Å². The van der Waals surface area contributed by atoms with E-state index in [1.807, 2.05) is 6.07 Å². The Morgan fingerprint density at radius 3 is 2.79 bits per heavy atom. The van der Waals surface area contributed by atoms with Crippen molar-refractivity contribution in [3.63, 3.8) is 0 Å². The molecule has 0 aliphatic carbocycles. The van der Waals surface area contributed by atoms with Crippen molar-refractivity contribution in [1.82, 2.24) is 9.88 Å². The van der Waals surface area contributed by atoms with Gasteiger partial charge in [-0.2, -0.15) is 0 Å². The predicted octanol–water partition coefficient (Wildman–Crippen LogP) is 5.00. The fourth-order valence-corrected chi connectivity index (χ4v) is 3.99. The number of hydrogen-bond acceptors (Lipinski definition) is 2. The normalized spacial score (nSPS) is 16.9. The number of hydrogen-bond donors (Lipinski definition) is 1. The highest BCUT2D eigenvalue weighted by molar-refractivity contribution is 9.10. The largest absolute Gasteiger partial charge is 0.483 e. The summed E-state index contributed by atoms with van der Waals surface area (Å²) in [7, 11) is 1.68. The number of H-pyrrole nitrogens is 1. The molecule has 122 valence electrons. The van der Waals surface area contributed by atoms with Crippen LogP contribution < -0.4 is 0 Å². The first-order valence-corrected chi connectivity index (χ1v) is 8.83. The Kier molecular flexibility index (Phi) is 3.85. The molecule has 1 N–H and O–H groups in total. The second-order valence-electron chi connectivity index (χ2n) is 6.06. The maximum Gasteiger partial charge on any atom is 0.182 e. The average Bonchev–Trinajstić information content (AvgIpc) is 2.98. The van der Waals surface area contributed by atoms with Gasteiger partial charge in [0.25, 0.3) is 0 Å². The van der Waals surface area contributed by atoms with Crippen molar-refractivity contribution in [2.75, 3.05) is 13.7 Å². The summed E-state index contributed by atoms with van der Waals surface area (Å²) in [4.78, 5) is 5.88. The number of benzene rings is 2. The molecule has 4 rings (SSSR count). The molecule has 0 spiro atoms. The van der Waals surface area contributed by atoms with Crippen LogP contribution in [0.4, 0.5) is 0 Å². The van der Waals surface area contributed by atoms with Crippen LogP contribution in [0.15, 0.2) is 65.5 Å². The third-order valence-electron chi connectivity index (χ3n) is 4.76. The average molecular weight is 383 g/mol. The molecule has 0 radical (unpaired) electrons. The summed E-state index contributed by atoms with van der Waals surface area (Å²) in [6.45, 7) is 4.98. The predicted molar refractivity (Wildman–Crippen MR) is 101 cm³/mol. The second-order valence-corrected chi connectivity index (χ2v) is 6.98. The van der Waals surface area contributed by atoms with Gasteiger partial charge < -0.3 is 14.6 Å². The summed E-state index contributed by atoms with van der Waals surface area (Å²) in [5, 5.41) is 1.29. The van der Waals surface area contributed by atoms with Gasteiger partial charge in [0.2, 0.25) is 0 Å². The number of ether oxygens (including phenoxy) is 1. The van der Waals surface area contributed by atoms with Crippen molar-refractivity contribution in [2.24, 2.45) is 0 Å². The molecule has 2 aromatic carbocycles. The molecule has 0 saturated carbocycles. The van der Waals surface area contributed by atoms with E-state index in [4.69, 9.17) is 4.74 Å². The third kappa shape index (κ3) is 2.42. The molecule has 4 heteroatoms. The van der Waals surface area contributed by atoms with E-state index in [1.165, 1.54) is 27.7 Å². The molecule has 1 atom stereocenters. The Labute approximate surface area is 150 Å². The highest BCUT2D eigenvalue weighted by atomic mass is 79.9. The lowest BCUT2D eigenvalue weighted by Crippen LogP contribution is -2.35. The third-order valence-corrected chi connectivity index (χ3v) is 5.25. The van der Waals surface area contributed by atoms with Crippen LogP contribution >= 0.6 is 15.9 Å². The van der Waals surface area contributed by atoms with Crippen molar-refractivity contribution >= 4 is 26.8 Å². The Bertz CT molecular complexity index is 901. The molecule has 24 heavy (non-hydrogen) atoms. The van der Waals surface area contributed by atoms with Crippen LogP contribution in [0.3, 0.4) is 0 Å². The molecule has 2 heterocycles. The lowest BCUT2D eigenvalue weighted by molar-refractivity contribution is 0.124. The monoisotopic (exact) mass is 382 g/mol. The first-order chi connectivity index (χ1) is 11.7. The quantitative estimate of drug-likeness (QED) is 0.645. The Morgan fingerprint density at radius 1 is 1.25 bits per heavy atom. The number of methoxy groups -OCH3 is 1. The van der Waals surface area contributed by atoms with E-state index < -0.39 is 0 Å². The van der Waals surface area contributed by atoms with Crippen LogP contribution in [-0.2, 0) is 11.2 Å². The molecule has 1 unspecified atom stereocenters. The Hall–Kier alpha value is -2.20. The molecule has 3 nitrogen and oxygen atoms in total. The van der Waals surface area contributed by atoms with E-state index in [-0.39, 0.29) is 6.04 Å². The number of halogens is 1. The molecule has 1 aliphatic rings. The van der Waals surface area contributed by atoms with Gasteiger partial charge in [-0.3, -0.25) is 0 Å². The maximum absolute atomic E-state index is 5.46.